The van der Waals surface area contributed by atoms with Gasteiger partial charge in [-0.15, -0.1) is 0 Å². The van der Waals surface area contributed by atoms with E-state index < -0.39 is 17.9 Å². The van der Waals surface area contributed by atoms with Crippen molar-refractivity contribution in [3.63, 3.8) is 0 Å². The molecule has 0 bridgehead atoms. The molecule has 20 heavy (non-hydrogen) atoms. The lowest BCUT2D eigenvalue weighted by molar-refractivity contribution is -0.169. The van der Waals surface area contributed by atoms with Crippen molar-refractivity contribution in [1.82, 2.24) is 0 Å². The van der Waals surface area contributed by atoms with Crippen molar-refractivity contribution in [3.05, 3.63) is 0 Å². The summed E-state index contributed by atoms with van der Waals surface area (Å²) in [5.41, 5.74) is 0. The molecule has 0 radical (unpaired) electrons. The minimum atomic E-state index is -0.982. The molecule has 114 valence electrons. The standard InChI is InChI=1S/C15H24O5/c1-9(2)19-14(17)13(15(18)20-10(3)4)11-6-5-7-12(16)8-11/h9-11,13H,5-8H2,1-4H3/t11-/m1/s1. The maximum Gasteiger partial charge on any atom is 0.320 e. The van der Waals surface area contributed by atoms with Crippen LogP contribution in [-0.2, 0) is 23.9 Å². The molecular formula is C15H24O5. The molecule has 0 saturated heterocycles. The third kappa shape index (κ3) is 4.94. The Morgan fingerprint density at radius 1 is 1.05 bits per heavy atom. The topological polar surface area (TPSA) is 69.7 Å². The molecule has 0 aromatic heterocycles. The normalized spacial score (nSPS) is 19.6. The second-order valence-electron chi connectivity index (χ2n) is 5.84. The van der Waals surface area contributed by atoms with Gasteiger partial charge in [-0.1, -0.05) is 0 Å². The van der Waals surface area contributed by atoms with Crippen molar-refractivity contribution in [2.24, 2.45) is 11.8 Å². The average molecular weight is 284 g/mol. The van der Waals surface area contributed by atoms with Crippen LogP contribution in [0.15, 0.2) is 0 Å². The van der Waals surface area contributed by atoms with Gasteiger partial charge in [0.15, 0.2) is 5.92 Å². The highest BCUT2D eigenvalue weighted by atomic mass is 16.6. The van der Waals surface area contributed by atoms with E-state index in [-0.39, 0.29) is 30.3 Å². The Hall–Kier alpha value is -1.39. The fraction of sp³-hybridized carbons (Fsp3) is 0.800. The van der Waals surface area contributed by atoms with Crippen LogP contribution >= 0.6 is 0 Å². The van der Waals surface area contributed by atoms with Gasteiger partial charge in [0.25, 0.3) is 0 Å². The Balaban J connectivity index is 2.85. The molecule has 1 aliphatic rings. The Bertz CT molecular complexity index is 350. The Kier molecular flexibility index (Phi) is 6.17. The van der Waals surface area contributed by atoms with Gasteiger partial charge in [0, 0.05) is 12.8 Å². The molecule has 1 aliphatic carbocycles. The smallest absolute Gasteiger partial charge is 0.320 e. The molecule has 0 aliphatic heterocycles. The molecular weight excluding hydrogens is 260 g/mol. The molecule has 5 heteroatoms. The molecule has 1 atom stereocenters. The van der Waals surface area contributed by atoms with Crippen LogP contribution in [-0.4, -0.2) is 29.9 Å². The molecule has 0 aromatic rings. The van der Waals surface area contributed by atoms with Crippen molar-refractivity contribution < 1.29 is 23.9 Å². The summed E-state index contributed by atoms with van der Waals surface area (Å²) in [5.74, 6) is -2.34. The molecule has 1 saturated carbocycles. The van der Waals surface area contributed by atoms with E-state index in [4.69, 9.17) is 9.47 Å². The Morgan fingerprint density at radius 2 is 1.55 bits per heavy atom. The molecule has 1 rings (SSSR count). The van der Waals surface area contributed by atoms with Crippen LogP contribution in [0.5, 0.6) is 0 Å². The van der Waals surface area contributed by atoms with Crippen LogP contribution in [0.2, 0.25) is 0 Å². The van der Waals surface area contributed by atoms with Gasteiger partial charge in [0.05, 0.1) is 12.2 Å². The largest absolute Gasteiger partial charge is 0.462 e. The quantitative estimate of drug-likeness (QED) is 0.572. The van der Waals surface area contributed by atoms with Crippen LogP contribution in [0, 0.1) is 11.8 Å². The number of esters is 2. The second kappa shape index (κ2) is 7.41. The fourth-order valence-electron chi connectivity index (χ4n) is 2.43. The zero-order chi connectivity index (χ0) is 15.3. The van der Waals surface area contributed by atoms with E-state index >= 15 is 0 Å². The van der Waals surface area contributed by atoms with Crippen LogP contribution < -0.4 is 0 Å². The number of ketones is 1. The van der Waals surface area contributed by atoms with E-state index in [0.29, 0.717) is 19.3 Å². The van der Waals surface area contributed by atoms with Gasteiger partial charge in [-0.05, 0) is 46.5 Å². The minimum Gasteiger partial charge on any atom is -0.462 e. The lowest BCUT2D eigenvalue weighted by Crippen LogP contribution is -2.38. The lowest BCUT2D eigenvalue weighted by Gasteiger charge is -2.27. The average Bonchev–Trinajstić information content (AvgIpc) is 2.26. The van der Waals surface area contributed by atoms with Crippen molar-refractivity contribution in [1.29, 1.82) is 0 Å². The Labute approximate surface area is 120 Å². The van der Waals surface area contributed by atoms with Gasteiger partial charge in [-0.25, -0.2) is 0 Å². The van der Waals surface area contributed by atoms with E-state index in [1.54, 1.807) is 27.7 Å². The zero-order valence-electron chi connectivity index (χ0n) is 12.7. The fourth-order valence-corrected chi connectivity index (χ4v) is 2.43. The van der Waals surface area contributed by atoms with Crippen LogP contribution in [0.25, 0.3) is 0 Å². The number of carbonyl (C=O) groups excluding carboxylic acids is 3. The number of rotatable bonds is 5. The van der Waals surface area contributed by atoms with Crippen molar-refractivity contribution in [2.75, 3.05) is 0 Å². The predicted octanol–water partition coefficient (Wildman–Crippen LogP) is 2.27. The minimum absolute atomic E-state index is 0.0981. The van der Waals surface area contributed by atoms with Crippen molar-refractivity contribution in [3.8, 4) is 0 Å². The first kappa shape index (κ1) is 16.7. The van der Waals surface area contributed by atoms with E-state index in [2.05, 4.69) is 0 Å². The van der Waals surface area contributed by atoms with E-state index in [1.807, 2.05) is 0 Å². The van der Waals surface area contributed by atoms with E-state index in [0.717, 1.165) is 0 Å². The van der Waals surface area contributed by atoms with Gasteiger partial charge in [-0.3, -0.25) is 14.4 Å². The summed E-state index contributed by atoms with van der Waals surface area (Å²) in [4.78, 5) is 35.9. The summed E-state index contributed by atoms with van der Waals surface area (Å²) in [6.45, 7) is 6.92. The van der Waals surface area contributed by atoms with Gasteiger partial charge in [0.2, 0.25) is 0 Å². The SMILES string of the molecule is CC(C)OC(=O)C(C(=O)OC(C)C)[C@@H]1CCCC(=O)C1. The monoisotopic (exact) mass is 284 g/mol. The highest BCUT2D eigenvalue weighted by Crippen LogP contribution is 2.30. The van der Waals surface area contributed by atoms with Crippen molar-refractivity contribution >= 4 is 17.7 Å². The zero-order valence-corrected chi connectivity index (χ0v) is 12.7. The van der Waals surface area contributed by atoms with Gasteiger partial charge < -0.3 is 9.47 Å². The first-order valence-corrected chi connectivity index (χ1v) is 7.24. The summed E-state index contributed by atoms with van der Waals surface area (Å²) in [6, 6.07) is 0. The third-order valence-corrected chi connectivity index (χ3v) is 3.20. The summed E-state index contributed by atoms with van der Waals surface area (Å²) >= 11 is 0. The molecule has 0 aromatic carbocycles. The summed E-state index contributed by atoms with van der Waals surface area (Å²) in [7, 11) is 0. The first-order valence-electron chi connectivity index (χ1n) is 7.24. The maximum atomic E-state index is 12.1. The van der Waals surface area contributed by atoms with Gasteiger partial charge in [-0.2, -0.15) is 0 Å². The lowest BCUT2D eigenvalue weighted by atomic mass is 9.79. The van der Waals surface area contributed by atoms with Gasteiger partial charge >= 0.3 is 11.9 Å². The molecule has 1 fully saturated rings. The molecule has 0 spiro atoms. The molecule has 0 N–H and O–H groups in total. The number of Topliss-reactive ketones (excluding diaryl/α,β-unsaturated/α-hetero) is 1. The third-order valence-electron chi connectivity index (χ3n) is 3.20. The summed E-state index contributed by atoms with van der Waals surface area (Å²) in [5, 5.41) is 0. The first-order chi connectivity index (χ1) is 9.31. The number of ether oxygens (including phenoxy) is 2. The molecule has 5 nitrogen and oxygen atoms in total. The van der Waals surface area contributed by atoms with E-state index in [1.165, 1.54) is 0 Å². The highest BCUT2D eigenvalue weighted by molar-refractivity contribution is 5.96. The summed E-state index contributed by atoms with van der Waals surface area (Å²) < 4.78 is 10.3. The highest BCUT2D eigenvalue weighted by Gasteiger charge is 2.40. The van der Waals surface area contributed by atoms with Crippen LogP contribution in [0.3, 0.4) is 0 Å². The Morgan fingerprint density at radius 3 is 1.95 bits per heavy atom. The van der Waals surface area contributed by atoms with Crippen LogP contribution in [0.4, 0.5) is 0 Å². The van der Waals surface area contributed by atoms with Crippen molar-refractivity contribution in [2.45, 2.75) is 65.6 Å². The van der Waals surface area contributed by atoms with Crippen LogP contribution in [0.1, 0.15) is 53.4 Å². The second-order valence-corrected chi connectivity index (χ2v) is 5.84. The summed E-state index contributed by atoms with van der Waals surface area (Å²) in [6.07, 6.45) is 1.58. The number of hydrogen-bond donors (Lipinski definition) is 0. The molecule has 0 heterocycles. The van der Waals surface area contributed by atoms with E-state index in [9.17, 15) is 14.4 Å². The molecule has 0 unspecified atom stereocenters. The number of hydrogen-bond acceptors (Lipinski definition) is 5. The molecule has 0 amide bonds. The predicted molar refractivity (Wildman–Crippen MR) is 72.9 cm³/mol. The maximum absolute atomic E-state index is 12.1. The van der Waals surface area contributed by atoms with Gasteiger partial charge in [0.1, 0.15) is 5.78 Å². The number of carbonyl (C=O) groups is 3.